The van der Waals surface area contributed by atoms with E-state index in [1.807, 2.05) is 4.90 Å². The lowest BCUT2D eigenvalue weighted by Gasteiger charge is -2.32. The van der Waals surface area contributed by atoms with Crippen LogP contribution in [-0.4, -0.2) is 104 Å². The van der Waals surface area contributed by atoms with Crippen molar-refractivity contribution in [2.24, 2.45) is 0 Å². The van der Waals surface area contributed by atoms with Crippen molar-refractivity contribution in [3.05, 3.63) is 36.2 Å². The average Bonchev–Trinajstić information content (AvgIpc) is 3.63. The van der Waals surface area contributed by atoms with E-state index in [9.17, 15) is 23.5 Å². The van der Waals surface area contributed by atoms with Crippen LogP contribution in [0, 0.1) is 0 Å². The van der Waals surface area contributed by atoms with Gasteiger partial charge in [-0.05, 0) is 58.6 Å². The van der Waals surface area contributed by atoms with Gasteiger partial charge in [-0.1, -0.05) is 12.1 Å². The molecule has 6 rings (SSSR count). The minimum Gasteiger partial charge on any atom is -0.474 e. The molecule has 0 bridgehead atoms. The number of amides is 2. The highest BCUT2D eigenvalue weighted by atomic mass is 19.3. The van der Waals surface area contributed by atoms with Gasteiger partial charge in [0.15, 0.2) is 5.82 Å². The number of carbonyl (C=O) groups is 2. The van der Waals surface area contributed by atoms with Crippen molar-refractivity contribution in [3.63, 3.8) is 0 Å². The molecule has 15 heteroatoms. The zero-order chi connectivity index (χ0) is 33.3. The van der Waals surface area contributed by atoms with Gasteiger partial charge in [0.1, 0.15) is 23.6 Å². The van der Waals surface area contributed by atoms with Crippen LogP contribution in [0.25, 0.3) is 16.9 Å². The van der Waals surface area contributed by atoms with E-state index in [0.29, 0.717) is 69.0 Å². The third kappa shape index (κ3) is 7.56. The normalized spacial score (nSPS) is 23.7. The maximum absolute atomic E-state index is 14.2. The Morgan fingerprint density at radius 2 is 1.79 bits per heavy atom. The summed E-state index contributed by atoms with van der Waals surface area (Å²) in [6.07, 6.45) is -1.90. The quantitative estimate of drug-likeness (QED) is 0.385. The largest absolute Gasteiger partial charge is 0.474 e. The number of halogens is 2. The number of ether oxygens (including phenoxy) is 3. The molecule has 2 aromatic heterocycles. The number of para-hydroxylation sites is 2. The standard InChI is InChI=1S/C32H41F2N7O6/c1-32(2,3)47-31(44)40-18-20(42)16-24(40)29(43)35-19-8-10-21(11-9-19)46-26-17-25(37-30(38-26)39-12-14-45-15-13-39)41-23-7-5-4-6-22(23)36-28(41)27(33)34/h4-7,17,19-21,24,27,42H,8-16,18H2,1-3H3,(H,35,43)/t19-,20-,21-,24+/m1/s1. The minimum absolute atomic E-state index is 0.0363. The number of aliphatic hydroxyl groups excluding tert-OH is 1. The number of aromatic nitrogens is 4. The molecule has 1 aromatic carbocycles. The predicted octanol–water partition coefficient (Wildman–Crippen LogP) is 3.77. The van der Waals surface area contributed by atoms with Crippen molar-refractivity contribution in [3.8, 4) is 11.7 Å². The lowest BCUT2D eigenvalue weighted by atomic mass is 9.92. The van der Waals surface area contributed by atoms with Gasteiger partial charge >= 0.3 is 6.09 Å². The van der Waals surface area contributed by atoms with Gasteiger partial charge in [-0.2, -0.15) is 9.97 Å². The molecular weight excluding hydrogens is 616 g/mol. The number of hydrogen-bond donors (Lipinski definition) is 2. The van der Waals surface area contributed by atoms with E-state index in [1.165, 1.54) is 9.47 Å². The summed E-state index contributed by atoms with van der Waals surface area (Å²) < 4.78 is 47.0. The second kappa shape index (κ2) is 13.6. The lowest BCUT2D eigenvalue weighted by molar-refractivity contribution is -0.126. The number of alkyl halides is 2. The van der Waals surface area contributed by atoms with Crippen LogP contribution in [0.1, 0.15) is 65.1 Å². The number of imidazole rings is 1. The number of carbonyl (C=O) groups excluding carboxylic acids is 2. The number of fused-ring (bicyclic) bond motifs is 1. The Bertz CT molecular complexity index is 1580. The zero-order valence-electron chi connectivity index (χ0n) is 26.8. The van der Waals surface area contributed by atoms with E-state index in [2.05, 4.69) is 20.3 Å². The molecule has 3 aromatic rings. The van der Waals surface area contributed by atoms with E-state index in [0.717, 1.165) is 0 Å². The first kappa shape index (κ1) is 32.8. The number of hydrogen-bond acceptors (Lipinski definition) is 10. The molecule has 2 saturated heterocycles. The summed E-state index contributed by atoms with van der Waals surface area (Å²) >= 11 is 0. The monoisotopic (exact) mass is 657 g/mol. The van der Waals surface area contributed by atoms with E-state index in [4.69, 9.17) is 14.2 Å². The van der Waals surface area contributed by atoms with Crippen LogP contribution in [0.15, 0.2) is 30.3 Å². The Morgan fingerprint density at radius 1 is 1.06 bits per heavy atom. The molecule has 2 atom stereocenters. The molecule has 0 unspecified atom stereocenters. The van der Waals surface area contributed by atoms with Crippen molar-refractivity contribution < 1.29 is 37.7 Å². The maximum atomic E-state index is 14.2. The Balaban J connectivity index is 1.15. The van der Waals surface area contributed by atoms with Gasteiger partial charge in [0.25, 0.3) is 6.43 Å². The molecule has 3 fully saturated rings. The summed E-state index contributed by atoms with van der Waals surface area (Å²) in [6, 6.07) is 7.52. The summed E-state index contributed by atoms with van der Waals surface area (Å²) in [5.41, 5.74) is 0.199. The van der Waals surface area contributed by atoms with Crippen LogP contribution in [0.2, 0.25) is 0 Å². The number of morpholine rings is 1. The molecular formula is C32H41F2N7O6. The molecule has 0 spiro atoms. The number of β-amino-alcohol motifs (C(OH)–C–C–N with tert-alkyl or cyclic N) is 1. The fourth-order valence-electron chi connectivity index (χ4n) is 6.29. The minimum atomic E-state index is -2.83. The number of aliphatic hydroxyl groups is 1. The second-order valence-electron chi connectivity index (χ2n) is 13.2. The van der Waals surface area contributed by atoms with Crippen molar-refractivity contribution >= 4 is 29.0 Å². The highest BCUT2D eigenvalue weighted by Gasteiger charge is 2.41. The molecule has 1 aliphatic carbocycles. The molecule has 47 heavy (non-hydrogen) atoms. The van der Waals surface area contributed by atoms with E-state index in [1.54, 1.807) is 51.1 Å². The smallest absolute Gasteiger partial charge is 0.411 e. The van der Waals surface area contributed by atoms with Crippen LogP contribution in [0.4, 0.5) is 19.5 Å². The lowest BCUT2D eigenvalue weighted by Crippen LogP contribution is -2.50. The number of anilines is 1. The van der Waals surface area contributed by atoms with Gasteiger partial charge in [-0.3, -0.25) is 14.3 Å². The number of nitrogens with one attached hydrogen (secondary N) is 1. The van der Waals surface area contributed by atoms with Gasteiger partial charge < -0.3 is 29.5 Å². The Kier molecular flexibility index (Phi) is 9.46. The van der Waals surface area contributed by atoms with Gasteiger partial charge in [0, 0.05) is 31.6 Å². The molecule has 2 aliphatic heterocycles. The van der Waals surface area contributed by atoms with Crippen molar-refractivity contribution in [1.29, 1.82) is 0 Å². The molecule has 2 N–H and O–H groups in total. The van der Waals surface area contributed by atoms with Crippen LogP contribution in [0.3, 0.4) is 0 Å². The Labute approximate surface area is 271 Å². The molecule has 254 valence electrons. The third-order valence-electron chi connectivity index (χ3n) is 8.50. The SMILES string of the molecule is CC(C)(C)OC(=O)N1C[C@H](O)C[C@H]1C(=O)N[C@H]1CC[C@H](Oc2cc(-n3c(C(F)F)nc4ccccc43)nc(N3CCOCC3)n2)CC1. The summed E-state index contributed by atoms with van der Waals surface area (Å²) in [5.74, 6) is 0.104. The summed E-state index contributed by atoms with van der Waals surface area (Å²) in [4.78, 5) is 42.7. The first-order chi connectivity index (χ1) is 22.4. The molecule has 3 aliphatic rings. The topological polar surface area (TPSA) is 144 Å². The van der Waals surface area contributed by atoms with E-state index < -0.39 is 36.1 Å². The first-order valence-electron chi connectivity index (χ1n) is 16.1. The van der Waals surface area contributed by atoms with Gasteiger partial charge in [0.2, 0.25) is 17.7 Å². The van der Waals surface area contributed by atoms with Gasteiger partial charge in [-0.25, -0.2) is 18.6 Å². The zero-order valence-corrected chi connectivity index (χ0v) is 26.8. The molecule has 13 nitrogen and oxygen atoms in total. The third-order valence-corrected chi connectivity index (χ3v) is 8.50. The van der Waals surface area contributed by atoms with Crippen LogP contribution >= 0.6 is 0 Å². The van der Waals surface area contributed by atoms with Crippen LogP contribution in [0.5, 0.6) is 5.88 Å². The van der Waals surface area contributed by atoms with Crippen molar-refractivity contribution in [2.45, 2.75) is 89.2 Å². The number of likely N-dealkylation sites (tertiary alicyclic amines) is 1. The van der Waals surface area contributed by atoms with E-state index >= 15 is 0 Å². The second-order valence-corrected chi connectivity index (χ2v) is 13.2. The molecule has 1 saturated carbocycles. The van der Waals surface area contributed by atoms with Crippen LogP contribution in [-0.2, 0) is 14.3 Å². The fourth-order valence-corrected chi connectivity index (χ4v) is 6.29. The predicted molar refractivity (Wildman–Crippen MR) is 167 cm³/mol. The fraction of sp³-hybridized carbons (Fsp3) is 0.594. The summed E-state index contributed by atoms with van der Waals surface area (Å²) in [5, 5.41) is 13.3. The van der Waals surface area contributed by atoms with Crippen molar-refractivity contribution in [2.75, 3.05) is 37.7 Å². The molecule has 4 heterocycles. The number of benzene rings is 1. The molecule has 2 amide bonds. The van der Waals surface area contributed by atoms with Gasteiger partial charge in [0.05, 0.1) is 36.9 Å². The summed E-state index contributed by atoms with van der Waals surface area (Å²) in [6.45, 7) is 7.36. The van der Waals surface area contributed by atoms with Crippen LogP contribution < -0.4 is 15.0 Å². The van der Waals surface area contributed by atoms with Gasteiger partial charge in [-0.15, -0.1) is 0 Å². The maximum Gasteiger partial charge on any atom is 0.411 e. The molecule has 0 radical (unpaired) electrons. The Hall–Kier alpha value is -4.11. The highest BCUT2D eigenvalue weighted by Crippen LogP contribution is 2.31. The highest BCUT2D eigenvalue weighted by molar-refractivity contribution is 5.86. The van der Waals surface area contributed by atoms with Crippen molar-refractivity contribution in [1.82, 2.24) is 29.7 Å². The summed E-state index contributed by atoms with van der Waals surface area (Å²) in [7, 11) is 0. The number of rotatable bonds is 7. The van der Waals surface area contributed by atoms with E-state index in [-0.39, 0.29) is 42.7 Å². The average molecular weight is 658 g/mol. The Morgan fingerprint density at radius 3 is 2.49 bits per heavy atom. The number of nitrogens with zero attached hydrogens (tertiary/aromatic N) is 6. The first-order valence-corrected chi connectivity index (χ1v) is 16.1.